The summed E-state index contributed by atoms with van der Waals surface area (Å²) in [7, 11) is 0. The van der Waals surface area contributed by atoms with Crippen molar-refractivity contribution in [1.82, 2.24) is 0 Å². The first kappa shape index (κ1) is 14.0. The van der Waals surface area contributed by atoms with Gasteiger partial charge in [-0.15, -0.1) is 23.5 Å². The zero-order valence-electron chi connectivity index (χ0n) is 12.4. The van der Waals surface area contributed by atoms with Crippen LogP contribution in [-0.4, -0.2) is 12.5 Å². The molecule has 0 amide bonds. The van der Waals surface area contributed by atoms with E-state index in [2.05, 4.69) is 68.8 Å². The fourth-order valence-corrected chi connectivity index (χ4v) is 5.51. The molecule has 0 aliphatic heterocycles. The van der Waals surface area contributed by atoms with Crippen molar-refractivity contribution >= 4 is 23.5 Å². The van der Waals surface area contributed by atoms with Gasteiger partial charge in [0.05, 0.1) is 5.56 Å². The van der Waals surface area contributed by atoms with Gasteiger partial charge in [0, 0.05) is 42.5 Å². The molecule has 102 valence electrons. The summed E-state index contributed by atoms with van der Waals surface area (Å²) in [5, 5.41) is 0. The molecule has 1 aliphatic carbocycles. The highest BCUT2D eigenvalue weighted by atomic mass is 32.2. The lowest BCUT2D eigenvalue weighted by atomic mass is 9.93. The molecule has 0 saturated heterocycles. The van der Waals surface area contributed by atoms with Crippen molar-refractivity contribution in [1.29, 1.82) is 0 Å². The van der Waals surface area contributed by atoms with Crippen LogP contribution in [0.1, 0.15) is 30.5 Å². The maximum absolute atomic E-state index is 2.29. The van der Waals surface area contributed by atoms with Gasteiger partial charge in [0.1, 0.15) is 5.56 Å². The molecule has 0 nitrogen and oxygen atoms in total. The first-order valence-electron chi connectivity index (χ1n) is 6.80. The van der Waals surface area contributed by atoms with E-state index in [4.69, 9.17) is 0 Å². The predicted octanol–water partition coefficient (Wildman–Crippen LogP) is 5.56. The summed E-state index contributed by atoms with van der Waals surface area (Å²) in [4.78, 5) is 0. The van der Waals surface area contributed by atoms with E-state index in [9.17, 15) is 0 Å². The van der Waals surface area contributed by atoms with Crippen molar-refractivity contribution in [3.8, 4) is 11.1 Å². The number of thioether (sulfide) groups is 2. The van der Waals surface area contributed by atoms with Crippen LogP contribution in [0.2, 0.25) is 0 Å². The highest BCUT2D eigenvalue weighted by Gasteiger charge is 2.48. The summed E-state index contributed by atoms with van der Waals surface area (Å²) in [5.74, 6) is 1.39. The van der Waals surface area contributed by atoms with Crippen LogP contribution >= 0.6 is 23.5 Å². The topological polar surface area (TPSA) is 0 Å². The fraction of sp³-hybridized carbons (Fsp3) is 0.278. The largest absolute Gasteiger partial charge is 0.158 e. The molecule has 1 aliphatic rings. The van der Waals surface area contributed by atoms with Crippen molar-refractivity contribution in [2.75, 3.05) is 12.5 Å². The molecule has 0 radical (unpaired) electrons. The normalized spacial score (nSPS) is 14.8. The van der Waals surface area contributed by atoms with E-state index >= 15 is 0 Å². The second kappa shape index (κ2) is 5.09. The lowest BCUT2D eigenvalue weighted by molar-refractivity contribution is 1.05. The van der Waals surface area contributed by atoms with E-state index in [1.165, 1.54) is 33.7 Å². The zero-order chi connectivity index (χ0) is 14.3. The van der Waals surface area contributed by atoms with Gasteiger partial charge >= 0.3 is 0 Å². The molecular formula is C18H19S2+. The maximum Gasteiger partial charge on any atom is 0.158 e. The predicted molar refractivity (Wildman–Crippen MR) is 93.4 cm³/mol. The van der Waals surface area contributed by atoms with Gasteiger partial charge in [0.25, 0.3) is 0 Å². The van der Waals surface area contributed by atoms with Gasteiger partial charge in [-0.1, -0.05) is 24.3 Å². The summed E-state index contributed by atoms with van der Waals surface area (Å²) in [6.45, 7) is 4.42. The minimum absolute atomic E-state index is 0.0276. The van der Waals surface area contributed by atoms with Crippen molar-refractivity contribution in [2.45, 2.75) is 17.9 Å². The molecule has 0 N–H and O–H groups in total. The summed E-state index contributed by atoms with van der Waals surface area (Å²) in [6, 6.07) is 15.6. The number of benzene rings is 2. The molecule has 20 heavy (non-hydrogen) atoms. The summed E-state index contributed by atoms with van der Waals surface area (Å²) < 4.78 is 0.0276. The van der Waals surface area contributed by atoms with Gasteiger partial charge in [-0.2, -0.15) is 0 Å². The average molecular weight is 299 g/mol. The Morgan fingerprint density at radius 3 is 2.15 bits per heavy atom. The van der Waals surface area contributed by atoms with Crippen molar-refractivity contribution < 1.29 is 0 Å². The second-order valence-corrected chi connectivity index (χ2v) is 7.60. The van der Waals surface area contributed by atoms with Crippen LogP contribution in [0, 0.1) is 5.92 Å². The molecule has 0 bridgehead atoms. The quantitative estimate of drug-likeness (QED) is 0.538. The molecule has 2 aromatic rings. The number of rotatable bonds is 3. The van der Waals surface area contributed by atoms with Gasteiger partial charge in [0.2, 0.25) is 0 Å². The Balaban J connectivity index is 2.40. The maximum atomic E-state index is 2.29. The minimum Gasteiger partial charge on any atom is -0.124 e. The van der Waals surface area contributed by atoms with Gasteiger partial charge in [-0.3, -0.25) is 0 Å². The van der Waals surface area contributed by atoms with Crippen LogP contribution in [-0.2, 0) is 4.08 Å². The van der Waals surface area contributed by atoms with E-state index in [1.807, 2.05) is 23.5 Å². The lowest BCUT2D eigenvalue weighted by Crippen LogP contribution is -2.17. The van der Waals surface area contributed by atoms with E-state index < -0.39 is 0 Å². The summed E-state index contributed by atoms with van der Waals surface area (Å²) >= 11 is 3.89. The van der Waals surface area contributed by atoms with Crippen LogP contribution in [0.5, 0.6) is 0 Å². The molecule has 0 atom stereocenters. The molecule has 3 rings (SSSR count). The first-order valence-corrected chi connectivity index (χ1v) is 9.25. The second-order valence-electron chi connectivity index (χ2n) is 5.30. The van der Waals surface area contributed by atoms with Gasteiger partial charge < -0.3 is 0 Å². The van der Waals surface area contributed by atoms with Gasteiger partial charge in [-0.05, 0) is 24.6 Å². The summed E-state index contributed by atoms with van der Waals surface area (Å²) in [5.41, 5.74) is 7.14. The average Bonchev–Trinajstić information content (AvgIpc) is 2.78. The number of hydrogen-bond acceptors (Lipinski definition) is 2. The smallest absolute Gasteiger partial charge is 0.124 e. The molecule has 2 aromatic carbocycles. The van der Waals surface area contributed by atoms with Crippen molar-refractivity contribution in [3.05, 3.63) is 65.1 Å². The summed E-state index contributed by atoms with van der Waals surface area (Å²) in [6.07, 6.45) is 4.45. The molecule has 0 saturated carbocycles. The van der Waals surface area contributed by atoms with E-state index in [-0.39, 0.29) is 4.08 Å². The fourth-order valence-electron chi connectivity index (χ4n) is 3.20. The third kappa shape index (κ3) is 1.74. The standard InChI is InChI=1S/C18H19S2/c1-12(2)13-9-7-10-15-14-8-5-6-11-16(14)18(19-3,20-4)17(13)15/h5-11H,1-4H3/q+1. The zero-order valence-corrected chi connectivity index (χ0v) is 14.0. The van der Waals surface area contributed by atoms with Crippen molar-refractivity contribution in [2.24, 2.45) is 0 Å². The third-order valence-electron chi connectivity index (χ3n) is 4.08. The van der Waals surface area contributed by atoms with Gasteiger partial charge in [0.15, 0.2) is 4.08 Å². The van der Waals surface area contributed by atoms with Crippen LogP contribution in [0.25, 0.3) is 11.1 Å². The Morgan fingerprint density at radius 1 is 0.850 bits per heavy atom. The van der Waals surface area contributed by atoms with Crippen molar-refractivity contribution in [3.63, 3.8) is 0 Å². The number of fused-ring (bicyclic) bond motifs is 3. The monoisotopic (exact) mass is 299 g/mol. The molecular weight excluding hydrogens is 280 g/mol. The van der Waals surface area contributed by atoms with E-state index in [1.54, 1.807) is 0 Å². The molecule has 0 spiro atoms. The molecule has 0 heterocycles. The van der Waals surface area contributed by atoms with E-state index in [0.717, 1.165) is 0 Å². The number of hydrogen-bond donors (Lipinski definition) is 0. The lowest BCUT2D eigenvalue weighted by Gasteiger charge is -2.25. The molecule has 0 fully saturated rings. The van der Waals surface area contributed by atoms with Gasteiger partial charge in [-0.25, -0.2) is 0 Å². The Kier molecular flexibility index (Phi) is 3.55. The van der Waals surface area contributed by atoms with Crippen LogP contribution < -0.4 is 0 Å². The Bertz CT molecular complexity index is 640. The molecule has 0 aromatic heterocycles. The Labute approximate surface area is 130 Å². The highest BCUT2D eigenvalue weighted by molar-refractivity contribution is 8.17. The highest BCUT2D eigenvalue weighted by Crippen LogP contribution is 2.60. The molecule has 0 unspecified atom stereocenters. The Hall–Kier alpha value is -0.990. The first-order chi connectivity index (χ1) is 9.65. The molecule has 2 heteroatoms. The van der Waals surface area contributed by atoms with Crippen LogP contribution in [0.15, 0.2) is 42.5 Å². The minimum atomic E-state index is 0.0276. The third-order valence-corrected chi connectivity index (χ3v) is 7.08. The van der Waals surface area contributed by atoms with Crippen LogP contribution in [0.4, 0.5) is 0 Å². The SMILES string of the molecule is CSC1(SC)c2ccccc2-c2cccc([C+](C)C)c21. The van der Waals surface area contributed by atoms with Crippen LogP contribution in [0.3, 0.4) is 0 Å². The van der Waals surface area contributed by atoms with E-state index in [0.29, 0.717) is 0 Å². The Morgan fingerprint density at radius 2 is 1.50 bits per heavy atom.